The van der Waals surface area contributed by atoms with Crippen LogP contribution >= 0.6 is 0 Å². The number of hydrogen-bond acceptors (Lipinski definition) is 3. The van der Waals surface area contributed by atoms with Gasteiger partial charge in [0.05, 0.1) is 19.8 Å². The van der Waals surface area contributed by atoms with Gasteiger partial charge in [-0.25, -0.2) is 4.79 Å². The van der Waals surface area contributed by atoms with Crippen molar-refractivity contribution >= 4 is 5.97 Å². The topological polar surface area (TPSA) is 77.8 Å². The molecule has 0 heterocycles. The van der Waals surface area contributed by atoms with Crippen molar-refractivity contribution in [2.45, 2.75) is 84.0 Å². The highest BCUT2D eigenvalue weighted by molar-refractivity contribution is 5.67. The summed E-state index contributed by atoms with van der Waals surface area (Å²) in [4.78, 5) is 11.1. The van der Waals surface area contributed by atoms with Gasteiger partial charge >= 0.3 is 5.97 Å². The highest BCUT2D eigenvalue weighted by Gasteiger charge is 2.28. The van der Waals surface area contributed by atoms with Crippen LogP contribution in [0.4, 0.5) is 0 Å². The number of carboxylic acid groups (broad SMARTS) is 1. The van der Waals surface area contributed by atoms with Gasteiger partial charge in [-0.05, 0) is 44.9 Å². The van der Waals surface area contributed by atoms with Crippen LogP contribution in [0.2, 0.25) is 0 Å². The summed E-state index contributed by atoms with van der Waals surface area (Å²) in [6, 6.07) is 0. The SMILES string of the molecule is CCCCC/C=C\C/C=C\CCCCCCCC[N+](CCO)(CCO)CC(=O)O. The molecule has 5 nitrogen and oxygen atoms in total. The first-order chi connectivity index (χ1) is 14.1. The third kappa shape index (κ3) is 17.4. The Hall–Kier alpha value is -1.17. The number of rotatable bonds is 21. The predicted molar refractivity (Wildman–Crippen MR) is 121 cm³/mol. The lowest BCUT2D eigenvalue weighted by atomic mass is 10.1. The summed E-state index contributed by atoms with van der Waals surface area (Å²) in [5, 5.41) is 27.7. The number of hydrogen-bond donors (Lipinski definition) is 3. The molecule has 0 aromatic heterocycles. The largest absolute Gasteiger partial charge is 0.477 e. The summed E-state index contributed by atoms with van der Waals surface area (Å²) < 4.78 is 0.278. The van der Waals surface area contributed by atoms with Gasteiger partial charge in [0, 0.05) is 0 Å². The van der Waals surface area contributed by atoms with E-state index in [0.29, 0.717) is 19.6 Å². The fraction of sp³-hybridized carbons (Fsp3) is 0.792. The first-order valence-electron chi connectivity index (χ1n) is 11.7. The number of quaternary nitrogens is 1. The molecule has 3 N–H and O–H groups in total. The normalized spacial score (nSPS) is 12.4. The summed E-state index contributed by atoms with van der Waals surface area (Å²) in [6.07, 6.45) is 23.3. The van der Waals surface area contributed by atoms with Crippen LogP contribution in [0.25, 0.3) is 0 Å². The number of allylic oxidation sites excluding steroid dienone is 4. The van der Waals surface area contributed by atoms with Gasteiger partial charge in [0.2, 0.25) is 0 Å². The van der Waals surface area contributed by atoms with Crippen molar-refractivity contribution in [3.63, 3.8) is 0 Å². The van der Waals surface area contributed by atoms with Crippen LogP contribution in [0, 0.1) is 0 Å². The van der Waals surface area contributed by atoms with Gasteiger partial charge in [0.25, 0.3) is 0 Å². The number of aliphatic carboxylic acids is 1. The Balaban J connectivity index is 3.74. The standard InChI is InChI=1S/C24H45NO4/c1-2-3-4-5-6-7-8-9-10-11-12-13-14-15-16-17-18-25(19-21-26,20-22-27)23-24(28)29/h6-7,9-10,26-27H,2-5,8,11-23H2,1H3/p+1/b7-6-,10-9-. The van der Waals surface area contributed by atoms with E-state index in [1.54, 1.807) is 0 Å². The van der Waals surface area contributed by atoms with Crippen LogP contribution < -0.4 is 0 Å². The molecule has 29 heavy (non-hydrogen) atoms. The average Bonchev–Trinajstić information content (AvgIpc) is 2.67. The molecule has 0 aromatic rings. The Kier molecular flexibility index (Phi) is 19.3. The van der Waals surface area contributed by atoms with E-state index in [4.69, 9.17) is 5.11 Å². The zero-order valence-electron chi connectivity index (χ0n) is 18.7. The van der Waals surface area contributed by atoms with Gasteiger partial charge in [-0.2, -0.15) is 0 Å². The molecule has 0 radical (unpaired) electrons. The minimum absolute atomic E-state index is 0.0264. The average molecular weight is 413 g/mol. The molecule has 170 valence electrons. The molecule has 0 amide bonds. The minimum Gasteiger partial charge on any atom is -0.477 e. The van der Waals surface area contributed by atoms with Crippen LogP contribution in [0.15, 0.2) is 24.3 Å². The van der Waals surface area contributed by atoms with E-state index >= 15 is 0 Å². The molecule has 0 saturated heterocycles. The quantitative estimate of drug-likeness (QED) is 0.145. The lowest BCUT2D eigenvalue weighted by Gasteiger charge is -2.36. The summed E-state index contributed by atoms with van der Waals surface area (Å²) >= 11 is 0. The number of carboxylic acids is 1. The highest BCUT2D eigenvalue weighted by Crippen LogP contribution is 2.13. The van der Waals surface area contributed by atoms with Gasteiger partial charge in [0.1, 0.15) is 13.1 Å². The van der Waals surface area contributed by atoms with E-state index in [-0.39, 0.29) is 24.2 Å². The molecule has 0 spiro atoms. The molecular formula is C24H46NO4+. The van der Waals surface area contributed by atoms with E-state index in [2.05, 4.69) is 31.2 Å². The Morgan fingerprint density at radius 1 is 0.724 bits per heavy atom. The smallest absolute Gasteiger partial charge is 0.359 e. The van der Waals surface area contributed by atoms with Gasteiger partial charge in [0.15, 0.2) is 6.54 Å². The number of nitrogens with zero attached hydrogens (tertiary/aromatic N) is 1. The molecule has 0 atom stereocenters. The van der Waals surface area contributed by atoms with Crippen molar-refractivity contribution in [1.29, 1.82) is 0 Å². The maximum Gasteiger partial charge on any atom is 0.359 e. The maximum atomic E-state index is 11.1. The molecular weight excluding hydrogens is 366 g/mol. The predicted octanol–water partition coefficient (Wildman–Crippen LogP) is 4.69. The minimum atomic E-state index is -0.869. The van der Waals surface area contributed by atoms with Crippen molar-refractivity contribution in [3.8, 4) is 0 Å². The van der Waals surface area contributed by atoms with Crippen molar-refractivity contribution in [3.05, 3.63) is 24.3 Å². The summed E-state index contributed by atoms with van der Waals surface area (Å²) in [7, 11) is 0. The van der Waals surface area contributed by atoms with Crippen LogP contribution in [0.3, 0.4) is 0 Å². The van der Waals surface area contributed by atoms with E-state index in [9.17, 15) is 15.0 Å². The zero-order chi connectivity index (χ0) is 21.6. The molecule has 0 aliphatic rings. The lowest BCUT2D eigenvalue weighted by Crippen LogP contribution is -2.55. The summed E-state index contributed by atoms with van der Waals surface area (Å²) in [5.41, 5.74) is 0. The Morgan fingerprint density at radius 3 is 1.76 bits per heavy atom. The van der Waals surface area contributed by atoms with Crippen molar-refractivity contribution in [2.24, 2.45) is 0 Å². The van der Waals surface area contributed by atoms with Crippen LogP contribution in [0.1, 0.15) is 84.0 Å². The van der Waals surface area contributed by atoms with Crippen LogP contribution in [0.5, 0.6) is 0 Å². The van der Waals surface area contributed by atoms with E-state index in [0.717, 1.165) is 32.1 Å². The molecule has 0 aromatic carbocycles. The third-order valence-electron chi connectivity index (χ3n) is 5.45. The summed E-state index contributed by atoms with van der Waals surface area (Å²) in [5.74, 6) is -0.869. The second kappa shape index (κ2) is 20.1. The molecule has 5 heteroatoms. The molecule has 0 aliphatic carbocycles. The fourth-order valence-electron chi connectivity index (χ4n) is 3.72. The first kappa shape index (κ1) is 27.8. The first-order valence-corrected chi connectivity index (χ1v) is 11.7. The van der Waals surface area contributed by atoms with Crippen LogP contribution in [-0.4, -0.2) is 65.2 Å². The van der Waals surface area contributed by atoms with Crippen molar-refractivity contribution in [2.75, 3.05) is 39.4 Å². The lowest BCUT2D eigenvalue weighted by molar-refractivity contribution is -0.922. The Bertz CT molecular complexity index is 429. The maximum absolute atomic E-state index is 11.1. The number of unbranched alkanes of at least 4 members (excludes halogenated alkanes) is 9. The number of aliphatic hydroxyl groups is 2. The second-order valence-corrected chi connectivity index (χ2v) is 8.10. The van der Waals surface area contributed by atoms with E-state index in [1.807, 2.05) is 0 Å². The molecule has 0 rings (SSSR count). The van der Waals surface area contributed by atoms with Gasteiger partial charge in [-0.1, -0.05) is 63.3 Å². The van der Waals surface area contributed by atoms with Crippen molar-refractivity contribution in [1.82, 2.24) is 0 Å². The summed E-state index contributed by atoms with van der Waals surface area (Å²) in [6.45, 7) is 3.62. The Morgan fingerprint density at radius 2 is 1.24 bits per heavy atom. The van der Waals surface area contributed by atoms with Crippen molar-refractivity contribution < 1.29 is 24.6 Å². The van der Waals surface area contributed by atoms with Gasteiger partial charge in [-0.15, -0.1) is 0 Å². The third-order valence-corrected chi connectivity index (χ3v) is 5.45. The van der Waals surface area contributed by atoms with Gasteiger partial charge in [-0.3, -0.25) is 0 Å². The monoisotopic (exact) mass is 412 g/mol. The van der Waals surface area contributed by atoms with E-state index in [1.165, 1.54) is 44.9 Å². The molecule has 0 saturated carbocycles. The van der Waals surface area contributed by atoms with Gasteiger partial charge < -0.3 is 19.8 Å². The van der Waals surface area contributed by atoms with E-state index < -0.39 is 5.97 Å². The Labute approximate surface area is 178 Å². The number of aliphatic hydroxyl groups excluding tert-OH is 2. The molecule has 0 aliphatic heterocycles. The second-order valence-electron chi connectivity index (χ2n) is 8.10. The number of carbonyl (C=O) groups is 1. The molecule has 0 fully saturated rings. The zero-order valence-corrected chi connectivity index (χ0v) is 18.7. The highest BCUT2D eigenvalue weighted by atomic mass is 16.4. The van der Waals surface area contributed by atoms with Crippen LogP contribution in [-0.2, 0) is 4.79 Å². The molecule has 0 unspecified atom stereocenters. The molecule has 0 bridgehead atoms. The fourth-order valence-corrected chi connectivity index (χ4v) is 3.72.